The summed E-state index contributed by atoms with van der Waals surface area (Å²) in [6, 6.07) is 10.6. The molecule has 3 rings (SSSR count). The first kappa shape index (κ1) is 16.5. The molecule has 23 heavy (non-hydrogen) atoms. The molecule has 0 aliphatic carbocycles. The summed E-state index contributed by atoms with van der Waals surface area (Å²) in [5.74, 6) is 0. The number of hydrogen-bond donors (Lipinski definition) is 0. The van der Waals surface area contributed by atoms with Gasteiger partial charge in [0, 0.05) is 5.69 Å². The van der Waals surface area contributed by atoms with Gasteiger partial charge in [-0.15, -0.1) is 0 Å². The molecule has 0 radical (unpaired) electrons. The third-order valence-electron chi connectivity index (χ3n) is 5.08. The maximum absolute atomic E-state index is 6.13. The van der Waals surface area contributed by atoms with Crippen molar-refractivity contribution in [3.05, 3.63) is 36.0 Å². The minimum Gasteiger partial charge on any atom is -0.399 e. The van der Waals surface area contributed by atoms with Crippen molar-refractivity contribution < 1.29 is 9.31 Å². The zero-order valence-corrected chi connectivity index (χ0v) is 14.8. The predicted molar refractivity (Wildman–Crippen MR) is 96.1 cm³/mol. The van der Waals surface area contributed by atoms with E-state index in [1.807, 2.05) is 0 Å². The van der Waals surface area contributed by atoms with Crippen LogP contribution in [0.15, 0.2) is 30.3 Å². The molecule has 0 unspecified atom stereocenters. The Hall–Kier alpha value is -1.39. The average Bonchev–Trinajstić information content (AvgIpc) is 2.72. The van der Waals surface area contributed by atoms with E-state index < -0.39 is 0 Å². The van der Waals surface area contributed by atoms with Crippen LogP contribution in [0.5, 0.6) is 0 Å². The largest absolute Gasteiger partial charge is 0.494 e. The molecule has 1 fully saturated rings. The van der Waals surface area contributed by atoms with Crippen LogP contribution < -0.4 is 5.46 Å². The van der Waals surface area contributed by atoms with Gasteiger partial charge in [0.15, 0.2) is 0 Å². The number of pyridine rings is 1. The monoisotopic (exact) mass is 311 g/mol. The van der Waals surface area contributed by atoms with E-state index in [-0.39, 0.29) is 18.3 Å². The SMILES string of the molecule is CCCCc1ccc2cc(B3OC(C)(C)C(C)(C)O3)ccc2n1. The summed E-state index contributed by atoms with van der Waals surface area (Å²) in [5.41, 5.74) is 2.64. The predicted octanol–water partition coefficient (Wildman–Crippen LogP) is 3.88. The normalized spacial score (nSPS) is 19.4. The molecular formula is C19H26BNO2. The lowest BCUT2D eigenvalue weighted by molar-refractivity contribution is 0.00578. The molecule has 0 bridgehead atoms. The quantitative estimate of drug-likeness (QED) is 0.803. The van der Waals surface area contributed by atoms with Crippen molar-refractivity contribution in [3.8, 4) is 0 Å². The van der Waals surface area contributed by atoms with Gasteiger partial charge in [-0.2, -0.15) is 0 Å². The molecule has 3 nitrogen and oxygen atoms in total. The lowest BCUT2D eigenvalue weighted by atomic mass is 9.78. The smallest absolute Gasteiger partial charge is 0.399 e. The number of nitrogens with zero attached hydrogens (tertiary/aromatic N) is 1. The second-order valence-electron chi connectivity index (χ2n) is 7.45. The number of rotatable bonds is 4. The fourth-order valence-corrected chi connectivity index (χ4v) is 2.81. The van der Waals surface area contributed by atoms with E-state index in [0.29, 0.717) is 0 Å². The molecule has 0 N–H and O–H groups in total. The van der Waals surface area contributed by atoms with Gasteiger partial charge in [0.05, 0.1) is 16.7 Å². The maximum atomic E-state index is 6.13. The van der Waals surface area contributed by atoms with Crippen molar-refractivity contribution in [3.63, 3.8) is 0 Å². The molecule has 2 aromatic rings. The van der Waals surface area contributed by atoms with Gasteiger partial charge in [-0.3, -0.25) is 4.98 Å². The summed E-state index contributed by atoms with van der Waals surface area (Å²) in [5, 5.41) is 1.14. The molecule has 0 atom stereocenters. The molecule has 0 spiro atoms. The van der Waals surface area contributed by atoms with E-state index in [0.717, 1.165) is 22.8 Å². The number of benzene rings is 1. The number of hydrogen-bond acceptors (Lipinski definition) is 3. The van der Waals surface area contributed by atoms with E-state index in [9.17, 15) is 0 Å². The van der Waals surface area contributed by atoms with Gasteiger partial charge in [0.25, 0.3) is 0 Å². The van der Waals surface area contributed by atoms with Crippen LogP contribution in [0.3, 0.4) is 0 Å². The standard InChI is InChI=1S/C19H26BNO2/c1-6-7-8-16-11-9-14-13-15(10-12-17(14)21-16)20-22-18(2,3)19(4,5)23-20/h9-13H,6-8H2,1-5H3. The Morgan fingerprint density at radius 1 is 1.00 bits per heavy atom. The van der Waals surface area contributed by atoms with Crippen LogP contribution in [-0.4, -0.2) is 23.3 Å². The van der Waals surface area contributed by atoms with Gasteiger partial charge in [-0.1, -0.05) is 31.5 Å². The highest BCUT2D eigenvalue weighted by molar-refractivity contribution is 6.62. The van der Waals surface area contributed by atoms with Crippen LogP contribution in [0.4, 0.5) is 0 Å². The molecule has 0 saturated carbocycles. The van der Waals surface area contributed by atoms with Crippen LogP contribution in [0.1, 0.15) is 53.2 Å². The summed E-state index contributed by atoms with van der Waals surface area (Å²) in [4.78, 5) is 4.76. The lowest BCUT2D eigenvalue weighted by Crippen LogP contribution is -2.41. The number of aryl methyl sites for hydroxylation is 1. The van der Waals surface area contributed by atoms with Crippen LogP contribution in [0.25, 0.3) is 10.9 Å². The number of fused-ring (bicyclic) bond motifs is 1. The molecule has 1 aliphatic rings. The fraction of sp³-hybridized carbons (Fsp3) is 0.526. The first-order valence-corrected chi connectivity index (χ1v) is 8.57. The summed E-state index contributed by atoms with van der Waals surface area (Å²) < 4.78 is 12.3. The highest BCUT2D eigenvalue weighted by Crippen LogP contribution is 2.36. The van der Waals surface area contributed by atoms with Gasteiger partial charge < -0.3 is 9.31 Å². The van der Waals surface area contributed by atoms with Gasteiger partial charge in [0.1, 0.15) is 0 Å². The first-order chi connectivity index (χ1) is 10.8. The van der Waals surface area contributed by atoms with E-state index in [1.165, 1.54) is 18.5 Å². The second kappa shape index (κ2) is 5.92. The summed E-state index contributed by atoms with van der Waals surface area (Å²) >= 11 is 0. The van der Waals surface area contributed by atoms with Crippen molar-refractivity contribution in [1.82, 2.24) is 4.98 Å². The molecule has 122 valence electrons. The Balaban J connectivity index is 1.87. The van der Waals surface area contributed by atoms with Gasteiger partial charge >= 0.3 is 7.12 Å². The Bertz CT molecular complexity index is 696. The van der Waals surface area contributed by atoms with Crippen LogP contribution in [0, 0.1) is 0 Å². The summed E-state index contributed by atoms with van der Waals surface area (Å²) in [6.45, 7) is 10.5. The average molecular weight is 311 g/mol. The van der Waals surface area contributed by atoms with Crippen molar-refractivity contribution in [2.24, 2.45) is 0 Å². The second-order valence-corrected chi connectivity index (χ2v) is 7.45. The van der Waals surface area contributed by atoms with Gasteiger partial charge in [0.2, 0.25) is 0 Å². The maximum Gasteiger partial charge on any atom is 0.494 e. The minimum absolute atomic E-state index is 0.311. The Morgan fingerprint density at radius 3 is 2.35 bits per heavy atom. The van der Waals surface area contributed by atoms with E-state index in [4.69, 9.17) is 14.3 Å². The number of unbranched alkanes of at least 4 members (excludes halogenated alkanes) is 1. The van der Waals surface area contributed by atoms with Crippen LogP contribution in [-0.2, 0) is 15.7 Å². The van der Waals surface area contributed by atoms with Gasteiger partial charge in [-0.05, 0) is 63.5 Å². The Morgan fingerprint density at radius 2 is 1.70 bits per heavy atom. The topological polar surface area (TPSA) is 31.4 Å². The molecule has 0 amide bonds. The zero-order valence-electron chi connectivity index (χ0n) is 14.8. The van der Waals surface area contributed by atoms with Crippen molar-refractivity contribution in [2.45, 2.75) is 65.1 Å². The molecule has 1 aromatic heterocycles. The fourth-order valence-electron chi connectivity index (χ4n) is 2.81. The zero-order chi connectivity index (χ0) is 16.7. The van der Waals surface area contributed by atoms with Crippen molar-refractivity contribution >= 4 is 23.5 Å². The first-order valence-electron chi connectivity index (χ1n) is 8.57. The third-order valence-corrected chi connectivity index (χ3v) is 5.08. The Labute approximate surface area is 139 Å². The van der Waals surface area contributed by atoms with E-state index in [1.54, 1.807) is 0 Å². The minimum atomic E-state index is -0.316. The molecule has 1 saturated heterocycles. The molecule has 1 aromatic carbocycles. The van der Waals surface area contributed by atoms with E-state index >= 15 is 0 Å². The molecule has 2 heterocycles. The summed E-state index contributed by atoms with van der Waals surface area (Å²) in [6.07, 6.45) is 3.43. The highest BCUT2D eigenvalue weighted by atomic mass is 16.7. The number of aromatic nitrogens is 1. The Kier molecular flexibility index (Phi) is 4.24. The van der Waals surface area contributed by atoms with Crippen molar-refractivity contribution in [2.75, 3.05) is 0 Å². The third kappa shape index (κ3) is 3.15. The van der Waals surface area contributed by atoms with Gasteiger partial charge in [-0.25, -0.2) is 0 Å². The van der Waals surface area contributed by atoms with Crippen LogP contribution in [0.2, 0.25) is 0 Å². The summed E-state index contributed by atoms with van der Waals surface area (Å²) in [7, 11) is -0.316. The molecule has 1 aliphatic heterocycles. The highest BCUT2D eigenvalue weighted by Gasteiger charge is 2.51. The van der Waals surface area contributed by atoms with Crippen molar-refractivity contribution in [1.29, 1.82) is 0 Å². The van der Waals surface area contributed by atoms with E-state index in [2.05, 4.69) is 65.0 Å². The molecular weight excluding hydrogens is 285 g/mol. The van der Waals surface area contributed by atoms with Crippen LogP contribution >= 0.6 is 0 Å². The molecule has 4 heteroatoms. The lowest BCUT2D eigenvalue weighted by Gasteiger charge is -2.32.